The van der Waals surface area contributed by atoms with Gasteiger partial charge in [-0.3, -0.25) is 15.1 Å². The van der Waals surface area contributed by atoms with Gasteiger partial charge in [-0.25, -0.2) is 18.4 Å². The van der Waals surface area contributed by atoms with Crippen molar-refractivity contribution in [2.75, 3.05) is 5.32 Å². The van der Waals surface area contributed by atoms with Crippen molar-refractivity contribution >= 4 is 21.9 Å². The smallest absolute Gasteiger partial charge is 0.243 e. The third kappa shape index (κ3) is 7.50. The van der Waals surface area contributed by atoms with E-state index in [4.69, 9.17) is 0 Å². The molecule has 5 aromatic rings. The highest BCUT2D eigenvalue weighted by Gasteiger charge is 2.26. The topological polar surface area (TPSA) is 105 Å². The molecule has 2 heterocycles. The molecule has 2 aromatic heterocycles. The van der Waals surface area contributed by atoms with E-state index in [9.17, 15) is 13.2 Å². The molecule has 0 unspecified atom stereocenters. The molecular weight excluding hydrogens is 582 g/mol. The lowest BCUT2D eigenvalue weighted by Gasteiger charge is -2.23. The average molecular weight is 618 g/mol. The third-order valence-corrected chi connectivity index (χ3v) is 10.00. The first-order valence-corrected chi connectivity index (χ1v) is 16.7. The maximum absolute atomic E-state index is 13.9. The fourth-order valence-electron chi connectivity index (χ4n) is 5.65. The molecule has 45 heavy (non-hydrogen) atoms. The van der Waals surface area contributed by atoms with Gasteiger partial charge in [-0.15, -0.1) is 0 Å². The molecule has 6 rings (SSSR count). The van der Waals surface area contributed by atoms with Gasteiger partial charge in [-0.2, -0.15) is 4.31 Å². The van der Waals surface area contributed by atoms with Gasteiger partial charge in [0.15, 0.2) is 0 Å². The van der Waals surface area contributed by atoms with Crippen molar-refractivity contribution in [3.63, 3.8) is 0 Å². The van der Waals surface area contributed by atoms with Crippen LogP contribution in [0.4, 0.5) is 5.95 Å². The summed E-state index contributed by atoms with van der Waals surface area (Å²) in [6.07, 6.45) is 11.9. The quantitative estimate of drug-likeness (QED) is 0.179. The fourth-order valence-corrected chi connectivity index (χ4v) is 7.06. The van der Waals surface area contributed by atoms with E-state index in [2.05, 4.69) is 20.3 Å². The van der Waals surface area contributed by atoms with Gasteiger partial charge in [0.05, 0.1) is 4.90 Å². The number of nitrogens with one attached hydrogen (secondary N) is 1. The zero-order chi connectivity index (χ0) is 31.1. The van der Waals surface area contributed by atoms with Crippen LogP contribution < -0.4 is 5.32 Å². The van der Waals surface area contributed by atoms with E-state index in [1.54, 1.807) is 43.0 Å². The van der Waals surface area contributed by atoms with Crippen molar-refractivity contribution in [3.05, 3.63) is 127 Å². The van der Waals surface area contributed by atoms with Gasteiger partial charge < -0.3 is 0 Å². The van der Waals surface area contributed by atoms with Crippen molar-refractivity contribution in [2.24, 2.45) is 5.92 Å². The van der Waals surface area contributed by atoms with E-state index in [1.807, 2.05) is 72.8 Å². The van der Waals surface area contributed by atoms with Crippen LogP contribution in [-0.2, 0) is 27.9 Å². The minimum absolute atomic E-state index is 0.00951. The molecule has 1 aliphatic carbocycles. The summed E-state index contributed by atoms with van der Waals surface area (Å²) in [4.78, 5) is 25.7. The van der Waals surface area contributed by atoms with E-state index < -0.39 is 10.0 Å². The zero-order valence-corrected chi connectivity index (χ0v) is 25.7. The molecule has 0 atom stereocenters. The molecule has 1 amide bonds. The molecule has 0 spiro atoms. The molecule has 1 saturated carbocycles. The molecule has 0 saturated heterocycles. The highest BCUT2D eigenvalue weighted by Crippen LogP contribution is 2.27. The maximum Gasteiger partial charge on any atom is 0.243 e. The number of aromatic nitrogens is 3. The van der Waals surface area contributed by atoms with E-state index in [1.165, 1.54) is 10.7 Å². The van der Waals surface area contributed by atoms with Crippen molar-refractivity contribution in [3.8, 4) is 22.3 Å². The van der Waals surface area contributed by atoms with Gasteiger partial charge in [0.2, 0.25) is 21.9 Å². The van der Waals surface area contributed by atoms with Crippen LogP contribution in [-0.4, -0.2) is 33.6 Å². The van der Waals surface area contributed by atoms with Crippen LogP contribution in [0, 0.1) is 5.92 Å². The van der Waals surface area contributed by atoms with Crippen molar-refractivity contribution < 1.29 is 13.2 Å². The molecular formula is C36H35N5O3S. The van der Waals surface area contributed by atoms with Crippen molar-refractivity contribution in [1.29, 1.82) is 0 Å². The third-order valence-electron chi connectivity index (χ3n) is 8.19. The number of amides is 1. The lowest BCUT2D eigenvalue weighted by molar-refractivity contribution is -0.120. The van der Waals surface area contributed by atoms with Crippen LogP contribution in [0.3, 0.4) is 0 Å². The first-order valence-electron chi connectivity index (χ1n) is 15.2. The summed E-state index contributed by atoms with van der Waals surface area (Å²) in [6, 6.07) is 28.2. The first-order chi connectivity index (χ1) is 22.0. The number of sulfonamides is 1. The molecule has 8 nitrogen and oxygen atoms in total. The van der Waals surface area contributed by atoms with Gasteiger partial charge >= 0.3 is 0 Å². The normalized spacial score (nSPS) is 13.9. The Morgan fingerprint density at radius 2 is 1.31 bits per heavy atom. The molecule has 0 aliphatic heterocycles. The van der Waals surface area contributed by atoms with Crippen LogP contribution in [0.2, 0.25) is 0 Å². The Kier molecular flexibility index (Phi) is 9.38. The number of benzene rings is 3. The van der Waals surface area contributed by atoms with E-state index in [0.717, 1.165) is 59.1 Å². The lowest BCUT2D eigenvalue weighted by Crippen LogP contribution is -2.30. The van der Waals surface area contributed by atoms with Gasteiger partial charge in [-0.05, 0) is 58.9 Å². The lowest BCUT2D eigenvalue weighted by atomic mass is 9.89. The highest BCUT2D eigenvalue weighted by molar-refractivity contribution is 7.89. The molecule has 0 bridgehead atoms. The minimum Gasteiger partial charge on any atom is -0.294 e. The summed E-state index contributed by atoms with van der Waals surface area (Å²) in [5.74, 6) is 0.327. The Morgan fingerprint density at radius 3 is 1.98 bits per heavy atom. The highest BCUT2D eigenvalue weighted by atomic mass is 32.2. The van der Waals surface area contributed by atoms with Gasteiger partial charge in [0.25, 0.3) is 0 Å². The van der Waals surface area contributed by atoms with Crippen LogP contribution in [0.5, 0.6) is 0 Å². The van der Waals surface area contributed by atoms with Crippen LogP contribution >= 0.6 is 0 Å². The van der Waals surface area contributed by atoms with Gasteiger partial charge in [0.1, 0.15) is 0 Å². The average Bonchev–Trinajstić information content (AvgIpc) is 3.10. The molecule has 1 fully saturated rings. The Morgan fingerprint density at radius 1 is 0.689 bits per heavy atom. The summed E-state index contributed by atoms with van der Waals surface area (Å²) >= 11 is 0. The largest absolute Gasteiger partial charge is 0.294 e. The summed E-state index contributed by atoms with van der Waals surface area (Å²) in [6.45, 7) is 0.362. The summed E-state index contributed by atoms with van der Waals surface area (Å²) in [5.41, 5.74) is 5.30. The Labute approximate surface area is 264 Å². The van der Waals surface area contributed by atoms with Crippen molar-refractivity contribution in [1.82, 2.24) is 19.3 Å². The first kappa shape index (κ1) is 30.3. The summed E-state index contributed by atoms with van der Waals surface area (Å²) < 4.78 is 29.4. The second kappa shape index (κ2) is 13.9. The number of carbonyl (C=O) groups is 1. The summed E-state index contributed by atoms with van der Waals surface area (Å²) in [7, 11) is -3.83. The Bertz CT molecular complexity index is 1810. The monoisotopic (exact) mass is 617 g/mol. The van der Waals surface area contributed by atoms with Crippen LogP contribution in [0.15, 0.2) is 121 Å². The molecule has 9 heteroatoms. The number of pyridine rings is 1. The van der Waals surface area contributed by atoms with Crippen LogP contribution in [0.1, 0.15) is 43.2 Å². The number of anilines is 1. The SMILES string of the molecule is O=C(Nc1ncc(-c2ccc(CN(Cc3cccnc3)S(=O)(=O)c3ccc(-c4ccccc4)cc3)cc2)cn1)C1CCCCC1. The van der Waals surface area contributed by atoms with Gasteiger partial charge in [0, 0.05) is 49.4 Å². The second-order valence-electron chi connectivity index (χ2n) is 11.3. The Hall–Kier alpha value is -4.73. The predicted octanol–water partition coefficient (Wildman–Crippen LogP) is 7.12. The number of nitrogens with zero attached hydrogens (tertiary/aromatic N) is 4. The van der Waals surface area contributed by atoms with Crippen LogP contribution in [0.25, 0.3) is 22.3 Å². The number of hydrogen-bond acceptors (Lipinski definition) is 6. The molecule has 228 valence electrons. The van der Waals surface area contributed by atoms with E-state index in [0.29, 0.717) is 5.95 Å². The fraction of sp³-hybridized carbons (Fsp3) is 0.222. The van der Waals surface area contributed by atoms with E-state index in [-0.39, 0.29) is 29.8 Å². The minimum atomic E-state index is -3.83. The number of rotatable bonds is 10. The Balaban J connectivity index is 1.18. The van der Waals surface area contributed by atoms with Crippen molar-refractivity contribution in [2.45, 2.75) is 50.1 Å². The second-order valence-corrected chi connectivity index (χ2v) is 13.3. The predicted molar refractivity (Wildman–Crippen MR) is 175 cm³/mol. The number of carbonyl (C=O) groups excluding carboxylic acids is 1. The molecule has 3 aromatic carbocycles. The maximum atomic E-state index is 13.9. The van der Waals surface area contributed by atoms with E-state index >= 15 is 0 Å². The molecule has 0 radical (unpaired) electrons. The molecule has 1 aliphatic rings. The summed E-state index contributed by atoms with van der Waals surface area (Å²) in [5, 5.41) is 2.85. The standard InChI is InChI=1S/C36H35N5O3S/c42-35(32-11-5-2-6-12-32)40-36-38-23-33(24-39-36)31-15-13-27(14-16-31)25-41(26-28-8-7-21-37-22-28)45(43,44)34-19-17-30(18-20-34)29-9-3-1-4-10-29/h1,3-4,7-10,13-24,32H,2,5-6,11-12,25-26H2,(H,38,39,40,42). The number of hydrogen-bond donors (Lipinski definition) is 1. The molecule has 1 N–H and O–H groups in total. The van der Waals surface area contributed by atoms with Gasteiger partial charge in [-0.1, -0.05) is 92.1 Å². The zero-order valence-electron chi connectivity index (χ0n) is 24.9.